The Morgan fingerprint density at radius 1 is 1.13 bits per heavy atom. The van der Waals surface area contributed by atoms with Crippen molar-refractivity contribution in [3.05, 3.63) is 53.7 Å². The number of aldehydes is 1. The molecule has 3 heteroatoms. The van der Waals surface area contributed by atoms with E-state index in [9.17, 15) is 9.59 Å². The Morgan fingerprint density at radius 3 is 2.47 bits per heavy atom. The van der Waals surface area contributed by atoms with E-state index < -0.39 is 0 Å². The van der Waals surface area contributed by atoms with Crippen molar-refractivity contribution in [3.8, 4) is 0 Å². The number of carbonyl (C=O) groups excluding carboxylic acids is 2. The largest absolute Gasteiger partial charge is 0.335 e. The van der Waals surface area contributed by atoms with Crippen LogP contribution in [0.2, 0.25) is 0 Å². The van der Waals surface area contributed by atoms with Gasteiger partial charge in [0.15, 0.2) is 0 Å². The van der Waals surface area contributed by atoms with Crippen molar-refractivity contribution in [2.75, 3.05) is 0 Å². The fourth-order valence-electron chi connectivity index (χ4n) is 1.05. The molecule has 0 aliphatic carbocycles. The number of benzene rings is 1. The van der Waals surface area contributed by atoms with Crippen molar-refractivity contribution < 1.29 is 9.59 Å². The molecule has 3 nitrogen and oxygen atoms in total. The van der Waals surface area contributed by atoms with Gasteiger partial charge < -0.3 is 5.32 Å². The van der Waals surface area contributed by atoms with Crippen LogP contribution in [0.4, 0.5) is 0 Å². The predicted octanol–water partition coefficient (Wildman–Crippen LogP) is 1.53. The van der Waals surface area contributed by atoms with E-state index in [1.165, 1.54) is 12.3 Å². The van der Waals surface area contributed by atoms with Gasteiger partial charge in [0, 0.05) is 11.8 Å². The number of amides is 1. The molecule has 0 radical (unpaired) electrons. The van der Waals surface area contributed by atoms with E-state index >= 15 is 0 Å². The lowest BCUT2D eigenvalue weighted by molar-refractivity contribution is -0.108. The summed E-state index contributed by atoms with van der Waals surface area (Å²) in [7, 11) is 0. The topological polar surface area (TPSA) is 46.2 Å². The molecule has 15 heavy (non-hydrogen) atoms. The van der Waals surface area contributed by atoms with Gasteiger partial charge in [-0.2, -0.15) is 0 Å². The molecule has 0 fully saturated rings. The second-order valence-electron chi connectivity index (χ2n) is 2.79. The first-order valence-corrected chi connectivity index (χ1v) is 4.45. The van der Waals surface area contributed by atoms with E-state index in [2.05, 4.69) is 5.32 Å². The highest BCUT2D eigenvalue weighted by Gasteiger charge is 1.90. The van der Waals surface area contributed by atoms with Gasteiger partial charge in [0.25, 0.3) is 0 Å². The average Bonchev–Trinajstić information content (AvgIpc) is 2.29. The lowest BCUT2D eigenvalue weighted by atomic mass is 10.1. The Bertz CT molecular complexity index is 380. The molecule has 0 saturated carbocycles. The minimum absolute atomic E-state index is 0.496. The first-order valence-electron chi connectivity index (χ1n) is 4.45. The van der Waals surface area contributed by atoms with E-state index in [1.807, 2.05) is 30.3 Å². The molecule has 0 heterocycles. The van der Waals surface area contributed by atoms with Crippen molar-refractivity contribution in [3.63, 3.8) is 0 Å². The van der Waals surface area contributed by atoms with Gasteiger partial charge in [-0.05, 0) is 17.7 Å². The number of allylic oxidation sites excluding steroid dienone is 2. The average molecular weight is 201 g/mol. The van der Waals surface area contributed by atoms with Gasteiger partial charge in [0.05, 0.1) is 0 Å². The quantitative estimate of drug-likeness (QED) is 0.446. The van der Waals surface area contributed by atoms with E-state index in [-0.39, 0.29) is 0 Å². The molecular weight excluding hydrogens is 190 g/mol. The number of rotatable bonds is 5. The van der Waals surface area contributed by atoms with Gasteiger partial charge >= 0.3 is 0 Å². The maximum absolute atomic E-state index is 10.7. The molecule has 0 unspecified atom stereocenters. The van der Waals surface area contributed by atoms with Crippen LogP contribution in [-0.4, -0.2) is 12.7 Å². The first kappa shape index (κ1) is 10.9. The zero-order chi connectivity index (χ0) is 10.9. The third kappa shape index (κ3) is 4.04. The van der Waals surface area contributed by atoms with E-state index in [4.69, 9.17) is 0 Å². The molecule has 0 aromatic heterocycles. The van der Waals surface area contributed by atoms with Gasteiger partial charge in [-0.25, -0.2) is 0 Å². The van der Waals surface area contributed by atoms with Gasteiger partial charge in [0.1, 0.15) is 6.29 Å². The lowest BCUT2D eigenvalue weighted by Crippen LogP contribution is -1.98. The maximum atomic E-state index is 10.7. The summed E-state index contributed by atoms with van der Waals surface area (Å²) < 4.78 is 0. The van der Waals surface area contributed by atoms with Crippen LogP contribution in [0.25, 0.3) is 6.08 Å². The standard InChI is InChI=1S/C12H11NO2/c14-9-12(6-7-13-10-15)8-11-4-2-1-3-5-11/h1-10H,(H,13,15)/b7-6-,12-8+. The molecule has 0 aliphatic heterocycles. The van der Waals surface area contributed by atoms with Crippen LogP contribution in [0.3, 0.4) is 0 Å². The van der Waals surface area contributed by atoms with Gasteiger partial charge in [0.2, 0.25) is 6.41 Å². The summed E-state index contributed by atoms with van der Waals surface area (Å²) in [6.07, 6.45) is 5.96. The number of nitrogens with one attached hydrogen (secondary N) is 1. The lowest BCUT2D eigenvalue weighted by Gasteiger charge is -1.93. The minimum atomic E-state index is 0.496. The van der Waals surface area contributed by atoms with Crippen molar-refractivity contribution >= 4 is 18.8 Å². The Kier molecular flexibility index (Phi) is 4.60. The van der Waals surface area contributed by atoms with Gasteiger partial charge in [-0.3, -0.25) is 9.59 Å². The maximum Gasteiger partial charge on any atom is 0.211 e. The second-order valence-corrected chi connectivity index (χ2v) is 2.79. The molecule has 1 aromatic carbocycles. The normalized spacial score (nSPS) is 11.3. The molecule has 76 valence electrons. The molecule has 0 spiro atoms. The highest BCUT2D eigenvalue weighted by atomic mass is 16.1. The van der Waals surface area contributed by atoms with Crippen LogP contribution in [0.1, 0.15) is 5.56 Å². The smallest absolute Gasteiger partial charge is 0.211 e. The highest BCUT2D eigenvalue weighted by Crippen LogP contribution is 2.05. The van der Waals surface area contributed by atoms with Crippen molar-refractivity contribution in [1.82, 2.24) is 5.32 Å². The Balaban J connectivity index is 2.78. The van der Waals surface area contributed by atoms with E-state index in [0.29, 0.717) is 12.0 Å². The summed E-state index contributed by atoms with van der Waals surface area (Å²) in [6.45, 7) is 0. The van der Waals surface area contributed by atoms with Crippen LogP contribution in [-0.2, 0) is 9.59 Å². The Morgan fingerprint density at radius 2 is 1.87 bits per heavy atom. The molecule has 1 N–H and O–H groups in total. The molecular formula is C12H11NO2. The zero-order valence-electron chi connectivity index (χ0n) is 8.09. The number of carbonyl (C=O) groups is 2. The fraction of sp³-hybridized carbons (Fsp3) is 0. The number of hydrogen-bond donors (Lipinski definition) is 1. The van der Waals surface area contributed by atoms with Crippen molar-refractivity contribution in [2.24, 2.45) is 0 Å². The molecule has 1 aromatic rings. The fourth-order valence-corrected chi connectivity index (χ4v) is 1.05. The summed E-state index contributed by atoms with van der Waals surface area (Å²) >= 11 is 0. The second kappa shape index (κ2) is 6.32. The number of hydrogen-bond acceptors (Lipinski definition) is 2. The van der Waals surface area contributed by atoms with Crippen molar-refractivity contribution in [2.45, 2.75) is 0 Å². The summed E-state index contributed by atoms with van der Waals surface area (Å²) in [4.78, 5) is 20.6. The van der Waals surface area contributed by atoms with Gasteiger partial charge in [-0.15, -0.1) is 0 Å². The van der Waals surface area contributed by atoms with E-state index in [1.54, 1.807) is 6.08 Å². The summed E-state index contributed by atoms with van der Waals surface area (Å²) in [5.74, 6) is 0. The molecule has 0 aliphatic rings. The highest BCUT2D eigenvalue weighted by molar-refractivity contribution is 5.85. The van der Waals surface area contributed by atoms with Crippen LogP contribution in [0, 0.1) is 0 Å². The van der Waals surface area contributed by atoms with Crippen LogP contribution < -0.4 is 5.32 Å². The van der Waals surface area contributed by atoms with Crippen LogP contribution >= 0.6 is 0 Å². The van der Waals surface area contributed by atoms with Crippen LogP contribution in [0.15, 0.2) is 48.2 Å². The molecule has 0 saturated heterocycles. The molecule has 0 atom stereocenters. The summed E-state index contributed by atoms with van der Waals surface area (Å²) in [5, 5.41) is 2.34. The Labute approximate surface area is 88.1 Å². The first-order chi connectivity index (χ1) is 7.36. The van der Waals surface area contributed by atoms with Crippen molar-refractivity contribution in [1.29, 1.82) is 0 Å². The SMILES string of the molecule is O=CN/C=C\C(C=O)=C/c1ccccc1. The molecule has 0 bridgehead atoms. The van der Waals surface area contributed by atoms with E-state index in [0.717, 1.165) is 11.8 Å². The van der Waals surface area contributed by atoms with Crippen LogP contribution in [0.5, 0.6) is 0 Å². The predicted molar refractivity (Wildman–Crippen MR) is 58.8 cm³/mol. The summed E-state index contributed by atoms with van der Waals surface area (Å²) in [5.41, 5.74) is 1.44. The third-order valence-electron chi connectivity index (χ3n) is 1.71. The molecule has 1 rings (SSSR count). The third-order valence-corrected chi connectivity index (χ3v) is 1.71. The van der Waals surface area contributed by atoms with Gasteiger partial charge in [-0.1, -0.05) is 30.3 Å². The monoisotopic (exact) mass is 201 g/mol. The minimum Gasteiger partial charge on any atom is -0.335 e. The summed E-state index contributed by atoms with van der Waals surface area (Å²) in [6, 6.07) is 9.47. The Hall–Kier alpha value is -2.16. The molecule has 1 amide bonds. The zero-order valence-corrected chi connectivity index (χ0v) is 8.09.